The van der Waals surface area contributed by atoms with Crippen molar-refractivity contribution in [1.82, 2.24) is 0 Å². The average molecular weight is 388 g/mol. The molecule has 0 N–H and O–H groups in total. The average Bonchev–Trinajstić information content (AvgIpc) is 2.56. The molecule has 1 unspecified atom stereocenters. The van der Waals surface area contributed by atoms with Crippen molar-refractivity contribution in [2.45, 2.75) is 64.7 Å². The van der Waals surface area contributed by atoms with Gasteiger partial charge in [-0.2, -0.15) is 5.57 Å². The summed E-state index contributed by atoms with van der Waals surface area (Å²) >= 11 is 0. The predicted molar refractivity (Wildman–Crippen MR) is 74.2 cm³/mol. The van der Waals surface area contributed by atoms with Gasteiger partial charge in [0.1, 0.15) is 0 Å². The molecular weight excluding hydrogens is 362 g/mol. The molecule has 0 saturated heterocycles. The van der Waals surface area contributed by atoms with Crippen molar-refractivity contribution in [2.24, 2.45) is 5.92 Å². The Hall–Kier alpha value is 1.28. The van der Waals surface area contributed by atoms with Gasteiger partial charge in [-0.15, -0.1) is 0 Å². The molecule has 0 radical (unpaired) electrons. The van der Waals surface area contributed by atoms with E-state index in [-0.39, 0.29) is 58.9 Å². The zero-order valence-electron chi connectivity index (χ0n) is 13.0. The van der Waals surface area contributed by atoms with Gasteiger partial charge in [0.25, 0.3) is 0 Å². The Kier molecular flexibility index (Phi) is 14.3. The van der Waals surface area contributed by atoms with Crippen LogP contribution in [-0.4, -0.2) is 8.07 Å². The van der Waals surface area contributed by atoms with Crippen LogP contribution in [0.25, 0.3) is 0 Å². The number of hydrogen-bond acceptors (Lipinski definition) is 0. The van der Waals surface area contributed by atoms with Crippen LogP contribution in [0.5, 0.6) is 0 Å². The maximum atomic E-state index is 3.76. The maximum Gasteiger partial charge on any atom is 4.00 e. The summed E-state index contributed by atoms with van der Waals surface area (Å²) in [4.78, 5) is 0. The SMILES string of the molecule is CC[Si](C)(C)CC1=[C-]C2=C(CCCC2)C1C.[Cl-].[Cl-].[Cl-].[Ti+4]. The summed E-state index contributed by atoms with van der Waals surface area (Å²) < 4.78 is 0. The van der Waals surface area contributed by atoms with Gasteiger partial charge in [-0.1, -0.05) is 70.6 Å². The van der Waals surface area contributed by atoms with Crippen molar-refractivity contribution in [3.05, 3.63) is 22.8 Å². The second-order valence-electron chi connectivity index (χ2n) is 6.28. The smallest absolute Gasteiger partial charge is 1.00 e. The minimum absolute atomic E-state index is 0. The van der Waals surface area contributed by atoms with E-state index in [4.69, 9.17) is 0 Å². The van der Waals surface area contributed by atoms with E-state index >= 15 is 0 Å². The van der Waals surface area contributed by atoms with Gasteiger partial charge in [-0.25, -0.2) is 17.2 Å². The fourth-order valence-corrected chi connectivity index (χ4v) is 4.58. The minimum Gasteiger partial charge on any atom is -1.00 e. The van der Waals surface area contributed by atoms with Crippen LogP contribution in [-0.2, 0) is 21.7 Å². The third-order valence-corrected chi connectivity index (χ3v) is 7.75. The Morgan fingerprint density at radius 1 is 1.10 bits per heavy atom. The summed E-state index contributed by atoms with van der Waals surface area (Å²) in [6.07, 6.45) is 9.21. The second-order valence-corrected chi connectivity index (χ2v) is 11.7. The van der Waals surface area contributed by atoms with E-state index in [1.807, 2.05) is 0 Å². The van der Waals surface area contributed by atoms with Crippen molar-refractivity contribution >= 4 is 8.07 Å². The fraction of sp³-hybridized carbons (Fsp3) is 0.733. The molecule has 0 amide bonds. The van der Waals surface area contributed by atoms with Gasteiger partial charge in [0.2, 0.25) is 0 Å². The van der Waals surface area contributed by atoms with E-state index in [1.54, 1.807) is 16.7 Å². The first kappa shape index (κ1) is 26.2. The summed E-state index contributed by atoms with van der Waals surface area (Å²) in [5.41, 5.74) is 4.97. The fourth-order valence-electron chi connectivity index (χ4n) is 2.90. The monoisotopic (exact) mass is 386 g/mol. The molecule has 114 valence electrons. The number of rotatable bonds is 3. The molecule has 5 heteroatoms. The van der Waals surface area contributed by atoms with Crippen LogP contribution in [0.2, 0.25) is 25.2 Å². The molecule has 0 fully saturated rings. The Bertz CT molecular complexity index is 351. The van der Waals surface area contributed by atoms with Crippen LogP contribution >= 0.6 is 0 Å². The number of hydrogen-bond donors (Lipinski definition) is 0. The molecule has 2 aliphatic rings. The third kappa shape index (κ3) is 6.18. The topological polar surface area (TPSA) is 0 Å². The van der Waals surface area contributed by atoms with Crippen LogP contribution < -0.4 is 37.2 Å². The zero-order chi connectivity index (χ0) is 11.8. The first-order valence-electron chi connectivity index (χ1n) is 6.88. The maximum absolute atomic E-state index is 3.76. The third-order valence-electron chi connectivity index (χ3n) is 4.49. The van der Waals surface area contributed by atoms with Crippen molar-refractivity contribution in [1.29, 1.82) is 0 Å². The molecule has 0 aromatic heterocycles. The first-order chi connectivity index (χ1) is 7.53. The van der Waals surface area contributed by atoms with Gasteiger partial charge < -0.3 is 37.2 Å². The minimum atomic E-state index is -0.975. The summed E-state index contributed by atoms with van der Waals surface area (Å²) in [5.74, 6) is 0.730. The molecule has 0 aromatic rings. The quantitative estimate of drug-likeness (QED) is 0.342. The van der Waals surface area contributed by atoms with Crippen LogP contribution in [0.4, 0.5) is 0 Å². The molecule has 0 nitrogen and oxygen atoms in total. The molecule has 1 atom stereocenters. The molecule has 2 aliphatic carbocycles. The van der Waals surface area contributed by atoms with Gasteiger partial charge in [-0.05, 0) is 0 Å². The van der Waals surface area contributed by atoms with Gasteiger partial charge in [0.15, 0.2) is 0 Å². The van der Waals surface area contributed by atoms with E-state index in [2.05, 4.69) is 33.0 Å². The number of halogens is 3. The van der Waals surface area contributed by atoms with Crippen molar-refractivity contribution in [3.63, 3.8) is 0 Å². The molecule has 0 bridgehead atoms. The summed E-state index contributed by atoms with van der Waals surface area (Å²) in [7, 11) is -0.975. The largest absolute Gasteiger partial charge is 4.00 e. The summed E-state index contributed by atoms with van der Waals surface area (Å²) in [6.45, 7) is 9.81. The molecule has 20 heavy (non-hydrogen) atoms. The number of allylic oxidation sites excluding steroid dienone is 4. The Balaban J connectivity index is -0.000000722. The second kappa shape index (κ2) is 10.9. The standard InChI is InChI=1S/C15H25Si.3ClH.Ti/c1-5-16(3,4)11-14-10-13-8-6-7-9-15(13)12(14)2;;;;/h12H,5-9,11H2,1-4H3;3*1H;/q-1;;;;+4/p-3. The predicted octanol–water partition coefficient (Wildman–Crippen LogP) is -4.03. The molecule has 2 rings (SSSR count). The van der Waals surface area contributed by atoms with E-state index in [0.29, 0.717) is 0 Å². The normalized spacial score (nSPS) is 20.6. The zero-order valence-corrected chi connectivity index (χ0v) is 17.8. The van der Waals surface area contributed by atoms with Crippen molar-refractivity contribution in [2.75, 3.05) is 0 Å². The van der Waals surface area contributed by atoms with Gasteiger partial charge >= 0.3 is 21.7 Å². The van der Waals surface area contributed by atoms with Crippen molar-refractivity contribution in [3.8, 4) is 0 Å². The Labute approximate surface area is 159 Å². The van der Waals surface area contributed by atoms with E-state index < -0.39 is 8.07 Å². The molecule has 0 aromatic carbocycles. The molecule has 0 saturated carbocycles. The van der Waals surface area contributed by atoms with Gasteiger partial charge in [0.05, 0.1) is 0 Å². The molecular formula is C15H25Cl3SiTi. The van der Waals surface area contributed by atoms with E-state index in [0.717, 1.165) is 5.92 Å². The van der Waals surface area contributed by atoms with Crippen LogP contribution in [0.1, 0.15) is 39.5 Å². The Morgan fingerprint density at radius 3 is 2.15 bits per heavy atom. The van der Waals surface area contributed by atoms with Crippen molar-refractivity contribution < 1.29 is 58.9 Å². The molecule has 0 heterocycles. The van der Waals surface area contributed by atoms with E-state index in [1.165, 1.54) is 37.8 Å². The first-order valence-corrected chi connectivity index (χ1v) is 10.3. The summed E-state index contributed by atoms with van der Waals surface area (Å²) in [5, 5.41) is 0. The molecule has 0 spiro atoms. The summed E-state index contributed by atoms with van der Waals surface area (Å²) in [6, 6.07) is 2.77. The molecule has 0 aliphatic heterocycles. The van der Waals surface area contributed by atoms with Gasteiger partial charge in [0, 0.05) is 8.07 Å². The van der Waals surface area contributed by atoms with Crippen LogP contribution in [0, 0.1) is 12.0 Å². The van der Waals surface area contributed by atoms with Crippen LogP contribution in [0.15, 0.2) is 16.7 Å². The Morgan fingerprint density at radius 2 is 1.65 bits per heavy atom. The van der Waals surface area contributed by atoms with Crippen LogP contribution in [0.3, 0.4) is 0 Å². The van der Waals surface area contributed by atoms with E-state index in [9.17, 15) is 0 Å². The van der Waals surface area contributed by atoms with Gasteiger partial charge in [-0.3, -0.25) is 0 Å².